The fourth-order valence-corrected chi connectivity index (χ4v) is 3.61. The van der Waals surface area contributed by atoms with Gasteiger partial charge in [-0.15, -0.1) is 11.3 Å². The van der Waals surface area contributed by atoms with Gasteiger partial charge in [-0.3, -0.25) is 4.79 Å². The summed E-state index contributed by atoms with van der Waals surface area (Å²) in [7, 11) is 0. The second-order valence-corrected chi connectivity index (χ2v) is 8.88. The van der Waals surface area contributed by atoms with Crippen molar-refractivity contribution in [1.29, 1.82) is 0 Å². The summed E-state index contributed by atoms with van der Waals surface area (Å²) < 4.78 is -1.64. The van der Waals surface area contributed by atoms with Crippen LogP contribution in [0.5, 0.6) is 0 Å². The molecule has 1 atom stereocenters. The Balaban J connectivity index is 2.12. The van der Waals surface area contributed by atoms with Gasteiger partial charge in [-0.05, 0) is 35.7 Å². The molecule has 2 aromatic rings. The highest BCUT2D eigenvalue weighted by Gasteiger charge is 2.35. The van der Waals surface area contributed by atoms with Gasteiger partial charge in [0.2, 0.25) is 3.79 Å². The molecule has 1 aromatic heterocycles. The summed E-state index contributed by atoms with van der Waals surface area (Å²) in [5, 5.41) is 4.43. The van der Waals surface area contributed by atoms with Crippen LogP contribution in [0.2, 0.25) is 5.02 Å². The predicted octanol–water partition coefficient (Wildman–Crippen LogP) is 5.62. The Bertz CT molecular complexity index is 596. The topological polar surface area (TPSA) is 29.1 Å². The fraction of sp³-hybridized carbons (Fsp3) is 0.154. The first kappa shape index (κ1) is 17.3. The number of halogens is 4. The molecule has 0 aliphatic heterocycles. The van der Waals surface area contributed by atoms with Crippen LogP contribution in [-0.2, 0) is 0 Å². The van der Waals surface area contributed by atoms with Gasteiger partial charge in [0, 0.05) is 9.92 Å². The van der Waals surface area contributed by atoms with Crippen molar-refractivity contribution in [3.05, 3.63) is 51.7 Å². The molecule has 0 spiro atoms. The molecular weight excluding hydrogens is 392 g/mol. The van der Waals surface area contributed by atoms with Crippen LogP contribution in [0.25, 0.3) is 0 Å². The van der Waals surface area contributed by atoms with E-state index in [1.165, 1.54) is 23.1 Å². The molecule has 0 saturated heterocycles. The molecule has 0 aliphatic rings. The summed E-state index contributed by atoms with van der Waals surface area (Å²) in [5.41, 5.74) is 0. The third-order valence-electron chi connectivity index (χ3n) is 2.37. The summed E-state index contributed by atoms with van der Waals surface area (Å²) in [4.78, 5) is 13.5. The summed E-state index contributed by atoms with van der Waals surface area (Å²) in [5.74, 6) is -0.275. The van der Waals surface area contributed by atoms with Crippen LogP contribution in [0.15, 0.2) is 46.7 Å². The monoisotopic (exact) mass is 399 g/mol. The summed E-state index contributed by atoms with van der Waals surface area (Å²) >= 11 is 26.3. The van der Waals surface area contributed by atoms with Crippen LogP contribution in [-0.4, -0.2) is 15.1 Å². The summed E-state index contributed by atoms with van der Waals surface area (Å²) in [6.07, 6.45) is 0. The van der Waals surface area contributed by atoms with Crippen molar-refractivity contribution in [1.82, 2.24) is 5.32 Å². The molecule has 1 aromatic carbocycles. The number of alkyl halides is 3. The van der Waals surface area contributed by atoms with E-state index in [1.54, 1.807) is 36.4 Å². The number of hydrogen-bond acceptors (Lipinski definition) is 3. The average Bonchev–Trinajstić information content (AvgIpc) is 2.93. The maximum Gasteiger partial charge on any atom is 0.262 e. The van der Waals surface area contributed by atoms with Gasteiger partial charge in [-0.25, -0.2) is 0 Å². The van der Waals surface area contributed by atoms with E-state index in [2.05, 4.69) is 5.32 Å². The highest BCUT2D eigenvalue weighted by Crippen LogP contribution is 2.39. The van der Waals surface area contributed by atoms with Gasteiger partial charge in [-0.2, -0.15) is 0 Å². The first-order valence-electron chi connectivity index (χ1n) is 5.69. The maximum absolute atomic E-state index is 12.1. The number of benzene rings is 1. The minimum absolute atomic E-state index is 0.275. The molecule has 0 fully saturated rings. The second-order valence-electron chi connectivity index (χ2n) is 3.94. The van der Waals surface area contributed by atoms with Crippen molar-refractivity contribution < 1.29 is 4.79 Å². The van der Waals surface area contributed by atoms with Gasteiger partial charge >= 0.3 is 0 Å². The Morgan fingerprint density at radius 3 is 2.38 bits per heavy atom. The molecule has 0 saturated carbocycles. The molecule has 21 heavy (non-hydrogen) atoms. The van der Waals surface area contributed by atoms with Crippen molar-refractivity contribution in [3.63, 3.8) is 0 Å². The van der Waals surface area contributed by atoms with Crippen LogP contribution < -0.4 is 5.32 Å². The normalized spacial score (nSPS) is 13.0. The van der Waals surface area contributed by atoms with E-state index in [0.29, 0.717) is 9.90 Å². The molecule has 0 aliphatic carbocycles. The molecule has 0 radical (unpaired) electrons. The van der Waals surface area contributed by atoms with Crippen LogP contribution in [0.1, 0.15) is 9.67 Å². The minimum Gasteiger partial charge on any atom is -0.335 e. The van der Waals surface area contributed by atoms with E-state index < -0.39 is 9.17 Å². The smallest absolute Gasteiger partial charge is 0.262 e. The lowest BCUT2D eigenvalue weighted by Crippen LogP contribution is -2.41. The third-order valence-corrected chi connectivity index (χ3v) is 5.79. The van der Waals surface area contributed by atoms with Crippen molar-refractivity contribution in [2.75, 3.05) is 0 Å². The highest BCUT2D eigenvalue weighted by atomic mass is 35.6. The SMILES string of the molecule is O=C(NC(Sc1ccc(Cl)cc1)C(Cl)(Cl)Cl)c1cccs1. The molecule has 1 heterocycles. The summed E-state index contributed by atoms with van der Waals surface area (Å²) in [6, 6.07) is 10.6. The lowest BCUT2D eigenvalue weighted by atomic mass is 10.4. The number of thioether (sulfide) groups is 1. The number of nitrogens with one attached hydrogen (secondary N) is 1. The van der Waals surface area contributed by atoms with Gasteiger partial charge in [0.1, 0.15) is 5.37 Å². The van der Waals surface area contributed by atoms with Gasteiger partial charge in [0.05, 0.1) is 4.88 Å². The Morgan fingerprint density at radius 2 is 1.86 bits per heavy atom. The average molecular weight is 401 g/mol. The fourth-order valence-electron chi connectivity index (χ4n) is 1.43. The van der Waals surface area contributed by atoms with Crippen molar-refractivity contribution >= 4 is 75.4 Å². The highest BCUT2D eigenvalue weighted by molar-refractivity contribution is 8.00. The van der Waals surface area contributed by atoms with E-state index in [0.717, 1.165) is 4.90 Å². The number of carbonyl (C=O) groups is 1. The van der Waals surface area contributed by atoms with Crippen molar-refractivity contribution in [3.8, 4) is 0 Å². The first-order chi connectivity index (χ1) is 9.86. The molecule has 8 heteroatoms. The number of hydrogen-bond donors (Lipinski definition) is 1. The van der Waals surface area contributed by atoms with Gasteiger partial charge in [0.15, 0.2) is 0 Å². The second kappa shape index (κ2) is 7.44. The molecular formula is C13H9Cl4NOS2. The van der Waals surface area contributed by atoms with E-state index in [1.807, 2.05) is 5.38 Å². The van der Waals surface area contributed by atoms with Crippen LogP contribution in [0, 0.1) is 0 Å². The number of rotatable bonds is 4. The van der Waals surface area contributed by atoms with Crippen LogP contribution >= 0.6 is 69.5 Å². The number of carbonyl (C=O) groups excluding carboxylic acids is 1. The predicted molar refractivity (Wildman–Crippen MR) is 93.2 cm³/mol. The molecule has 1 N–H and O–H groups in total. The van der Waals surface area contributed by atoms with Gasteiger partial charge in [-0.1, -0.05) is 64.2 Å². The number of thiophene rings is 1. The lowest BCUT2D eigenvalue weighted by molar-refractivity contribution is 0.0954. The molecule has 1 amide bonds. The Morgan fingerprint density at radius 1 is 1.19 bits per heavy atom. The Kier molecular flexibility index (Phi) is 6.12. The van der Waals surface area contributed by atoms with E-state index in [4.69, 9.17) is 46.4 Å². The number of amides is 1. The largest absolute Gasteiger partial charge is 0.335 e. The molecule has 112 valence electrons. The van der Waals surface area contributed by atoms with Gasteiger partial charge < -0.3 is 5.32 Å². The Labute approximate surface area is 150 Å². The Hall–Kier alpha value is -0.100. The molecule has 2 rings (SSSR count). The molecule has 1 unspecified atom stereocenters. The van der Waals surface area contributed by atoms with Crippen molar-refractivity contribution in [2.24, 2.45) is 0 Å². The zero-order chi connectivity index (χ0) is 15.5. The maximum atomic E-state index is 12.1. The first-order valence-corrected chi connectivity index (χ1v) is 8.96. The standard InChI is InChI=1S/C13H9Cl4NOS2/c14-8-3-5-9(6-4-8)21-12(13(15,16)17)18-11(19)10-2-1-7-20-10/h1-7,12H,(H,18,19). The van der Waals surface area contributed by atoms with Crippen LogP contribution in [0.4, 0.5) is 0 Å². The lowest BCUT2D eigenvalue weighted by Gasteiger charge is -2.24. The minimum atomic E-state index is -1.64. The van der Waals surface area contributed by atoms with E-state index in [-0.39, 0.29) is 5.91 Å². The van der Waals surface area contributed by atoms with E-state index >= 15 is 0 Å². The van der Waals surface area contributed by atoms with E-state index in [9.17, 15) is 4.79 Å². The third kappa shape index (κ3) is 5.23. The van der Waals surface area contributed by atoms with Crippen LogP contribution in [0.3, 0.4) is 0 Å². The molecule has 0 bridgehead atoms. The zero-order valence-corrected chi connectivity index (χ0v) is 15.0. The van der Waals surface area contributed by atoms with Gasteiger partial charge in [0.25, 0.3) is 5.91 Å². The zero-order valence-electron chi connectivity index (χ0n) is 10.4. The van der Waals surface area contributed by atoms with Crippen molar-refractivity contribution in [2.45, 2.75) is 14.1 Å². The quantitative estimate of drug-likeness (QED) is 0.410. The molecule has 2 nitrogen and oxygen atoms in total. The summed E-state index contributed by atoms with van der Waals surface area (Å²) in [6.45, 7) is 0.